The maximum absolute atomic E-state index is 14.0. The van der Waals surface area contributed by atoms with E-state index in [0.29, 0.717) is 42.3 Å². The zero-order chi connectivity index (χ0) is 19.9. The molecule has 0 aliphatic heterocycles. The third kappa shape index (κ3) is 3.76. The van der Waals surface area contributed by atoms with Gasteiger partial charge in [-0.15, -0.1) is 0 Å². The number of H-pyrrole nitrogens is 1. The van der Waals surface area contributed by atoms with Crippen LogP contribution in [0.2, 0.25) is 0 Å². The Kier molecular flexibility index (Phi) is 4.87. The molecule has 0 fully saturated rings. The molecule has 1 unspecified atom stereocenters. The quantitative estimate of drug-likeness (QED) is 0.588. The van der Waals surface area contributed by atoms with E-state index in [2.05, 4.69) is 10.3 Å². The second kappa shape index (κ2) is 7.20. The molecular formula is C21H19F5N2. The van der Waals surface area contributed by atoms with E-state index >= 15 is 0 Å². The third-order valence-electron chi connectivity index (χ3n) is 5.31. The maximum atomic E-state index is 14.0. The Morgan fingerprint density at radius 1 is 1.11 bits per heavy atom. The molecule has 0 spiro atoms. The van der Waals surface area contributed by atoms with Gasteiger partial charge in [-0.05, 0) is 55.5 Å². The van der Waals surface area contributed by atoms with Gasteiger partial charge in [-0.25, -0.2) is 8.78 Å². The van der Waals surface area contributed by atoms with Crippen molar-refractivity contribution in [3.05, 3.63) is 70.4 Å². The molecule has 0 saturated heterocycles. The van der Waals surface area contributed by atoms with Gasteiger partial charge in [-0.2, -0.15) is 13.2 Å². The van der Waals surface area contributed by atoms with Crippen LogP contribution in [-0.2, 0) is 25.4 Å². The molecule has 1 atom stereocenters. The number of alkyl halides is 3. The van der Waals surface area contributed by atoms with Crippen molar-refractivity contribution in [2.24, 2.45) is 0 Å². The van der Waals surface area contributed by atoms with E-state index in [1.807, 2.05) is 0 Å². The number of halogens is 5. The number of aryl methyl sites for hydroxylation is 1. The Morgan fingerprint density at radius 2 is 1.93 bits per heavy atom. The molecule has 0 bridgehead atoms. The second-order valence-electron chi connectivity index (χ2n) is 7.23. The van der Waals surface area contributed by atoms with Crippen molar-refractivity contribution in [2.75, 3.05) is 6.54 Å². The highest BCUT2D eigenvalue weighted by Crippen LogP contribution is 2.32. The highest BCUT2D eigenvalue weighted by Gasteiger charge is 2.30. The minimum absolute atomic E-state index is 0.114. The van der Waals surface area contributed by atoms with E-state index in [1.165, 1.54) is 18.2 Å². The van der Waals surface area contributed by atoms with Gasteiger partial charge in [0.2, 0.25) is 0 Å². The van der Waals surface area contributed by atoms with Crippen molar-refractivity contribution in [1.82, 2.24) is 10.3 Å². The van der Waals surface area contributed by atoms with Crippen molar-refractivity contribution < 1.29 is 22.0 Å². The summed E-state index contributed by atoms with van der Waals surface area (Å²) in [5, 5.41) is 3.94. The lowest BCUT2D eigenvalue weighted by Crippen LogP contribution is -2.35. The predicted molar refractivity (Wildman–Crippen MR) is 97.2 cm³/mol. The first-order valence-corrected chi connectivity index (χ1v) is 9.19. The summed E-state index contributed by atoms with van der Waals surface area (Å²) in [6.45, 7) is 0.534. The number of hydrogen-bond acceptors (Lipinski definition) is 1. The summed E-state index contributed by atoms with van der Waals surface area (Å²) < 4.78 is 66.0. The maximum Gasteiger partial charge on any atom is 0.416 e. The van der Waals surface area contributed by atoms with E-state index in [4.69, 9.17) is 0 Å². The van der Waals surface area contributed by atoms with Gasteiger partial charge in [-0.3, -0.25) is 0 Å². The number of aromatic nitrogens is 1. The van der Waals surface area contributed by atoms with Crippen LogP contribution < -0.4 is 5.32 Å². The first-order chi connectivity index (χ1) is 13.3. The summed E-state index contributed by atoms with van der Waals surface area (Å²) in [7, 11) is 0. The van der Waals surface area contributed by atoms with Gasteiger partial charge < -0.3 is 10.3 Å². The molecule has 1 aromatic heterocycles. The third-order valence-corrected chi connectivity index (χ3v) is 5.31. The van der Waals surface area contributed by atoms with Crippen molar-refractivity contribution >= 4 is 10.9 Å². The van der Waals surface area contributed by atoms with E-state index in [-0.39, 0.29) is 6.04 Å². The minimum Gasteiger partial charge on any atom is -0.356 e. The molecular weight excluding hydrogens is 375 g/mol. The number of rotatable bonds is 4. The molecule has 148 valence electrons. The van der Waals surface area contributed by atoms with Gasteiger partial charge in [0, 0.05) is 23.2 Å². The predicted octanol–water partition coefficient (Wildman–Crippen LogP) is 5.15. The highest BCUT2D eigenvalue weighted by molar-refractivity contribution is 5.85. The number of fused-ring (bicyclic) bond motifs is 3. The van der Waals surface area contributed by atoms with Crippen molar-refractivity contribution in [2.45, 2.75) is 37.9 Å². The normalized spacial score (nSPS) is 17.1. The molecule has 0 radical (unpaired) electrons. The van der Waals surface area contributed by atoms with Crippen molar-refractivity contribution in [1.29, 1.82) is 0 Å². The molecule has 3 aromatic rings. The lowest BCUT2D eigenvalue weighted by molar-refractivity contribution is -0.137. The van der Waals surface area contributed by atoms with Gasteiger partial charge in [0.15, 0.2) is 0 Å². The van der Waals surface area contributed by atoms with Crippen LogP contribution in [-0.4, -0.2) is 17.6 Å². The first-order valence-electron chi connectivity index (χ1n) is 9.19. The zero-order valence-corrected chi connectivity index (χ0v) is 15.0. The largest absolute Gasteiger partial charge is 0.416 e. The molecule has 28 heavy (non-hydrogen) atoms. The average Bonchev–Trinajstić information content (AvgIpc) is 3.00. The molecule has 1 aliphatic carbocycles. The standard InChI is InChI=1S/C21H19F5N2/c22-14-9-17-16-11-15(4-5-19(16)28-20(17)18(23)10-14)27-7-6-12-2-1-3-13(8-12)21(24,25)26/h1-3,8-10,15,27-28H,4-7,11H2. The Bertz CT molecular complexity index is 1010. The number of aromatic amines is 1. The van der Waals surface area contributed by atoms with Gasteiger partial charge >= 0.3 is 6.18 Å². The topological polar surface area (TPSA) is 27.8 Å². The van der Waals surface area contributed by atoms with E-state index in [9.17, 15) is 22.0 Å². The van der Waals surface area contributed by atoms with Crippen LogP contribution in [0.4, 0.5) is 22.0 Å². The van der Waals surface area contributed by atoms with E-state index in [0.717, 1.165) is 29.8 Å². The summed E-state index contributed by atoms with van der Waals surface area (Å²) >= 11 is 0. The summed E-state index contributed by atoms with van der Waals surface area (Å²) in [6, 6.07) is 7.67. The summed E-state index contributed by atoms with van der Waals surface area (Å²) in [5.74, 6) is -1.20. The Labute approximate surface area is 158 Å². The smallest absolute Gasteiger partial charge is 0.356 e. The van der Waals surface area contributed by atoms with Crippen LogP contribution in [0.5, 0.6) is 0 Å². The summed E-state index contributed by atoms with van der Waals surface area (Å²) in [6.07, 6.45) is -1.70. The fraction of sp³-hybridized carbons (Fsp3) is 0.333. The van der Waals surface area contributed by atoms with E-state index in [1.54, 1.807) is 6.07 Å². The van der Waals surface area contributed by atoms with Crippen LogP contribution in [0.3, 0.4) is 0 Å². The Morgan fingerprint density at radius 3 is 2.71 bits per heavy atom. The Balaban J connectivity index is 1.42. The van der Waals surface area contributed by atoms with Crippen LogP contribution >= 0.6 is 0 Å². The molecule has 4 rings (SSSR count). The minimum atomic E-state index is -4.34. The SMILES string of the molecule is Fc1cc(F)c2[nH]c3c(c2c1)CC(NCCc1cccc(C(F)(F)F)c1)CC3. The molecule has 2 N–H and O–H groups in total. The molecule has 0 saturated carbocycles. The lowest BCUT2D eigenvalue weighted by Gasteiger charge is -2.24. The second-order valence-corrected chi connectivity index (χ2v) is 7.23. The van der Waals surface area contributed by atoms with Gasteiger partial charge in [0.25, 0.3) is 0 Å². The molecule has 1 heterocycles. The average molecular weight is 394 g/mol. The van der Waals surface area contributed by atoms with Crippen LogP contribution in [0, 0.1) is 11.6 Å². The van der Waals surface area contributed by atoms with Gasteiger partial charge in [0.1, 0.15) is 11.6 Å². The first kappa shape index (κ1) is 18.9. The van der Waals surface area contributed by atoms with Gasteiger partial charge in [0.05, 0.1) is 11.1 Å². The van der Waals surface area contributed by atoms with E-state index < -0.39 is 23.4 Å². The molecule has 2 aromatic carbocycles. The van der Waals surface area contributed by atoms with Crippen LogP contribution in [0.1, 0.15) is 28.8 Å². The fourth-order valence-electron chi connectivity index (χ4n) is 3.94. The highest BCUT2D eigenvalue weighted by atomic mass is 19.4. The van der Waals surface area contributed by atoms with Crippen LogP contribution in [0.25, 0.3) is 10.9 Å². The number of hydrogen-bond donors (Lipinski definition) is 2. The summed E-state index contributed by atoms with van der Waals surface area (Å²) in [4.78, 5) is 3.06. The zero-order valence-electron chi connectivity index (χ0n) is 15.0. The molecule has 0 amide bonds. The molecule has 2 nitrogen and oxygen atoms in total. The van der Waals surface area contributed by atoms with Crippen LogP contribution in [0.15, 0.2) is 36.4 Å². The monoisotopic (exact) mass is 394 g/mol. The fourth-order valence-corrected chi connectivity index (χ4v) is 3.94. The summed E-state index contributed by atoms with van der Waals surface area (Å²) in [5.41, 5.74) is 2.15. The number of nitrogens with one attached hydrogen (secondary N) is 2. The number of benzene rings is 2. The lowest BCUT2D eigenvalue weighted by atomic mass is 9.91. The molecule has 7 heteroatoms. The van der Waals surface area contributed by atoms with Gasteiger partial charge in [-0.1, -0.05) is 18.2 Å². The van der Waals surface area contributed by atoms with Crippen molar-refractivity contribution in [3.8, 4) is 0 Å². The Hall–Kier alpha value is -2.41. The molecule has 1 aliphatic rings. The van der Waals surface area contributed by atoms with Crippen molar-refractivity contribution in [3.63, 3.8) is 0 Å².